The van der Waals surface area contributed by atoms with Gasteiger partial charge in [-0.3, -0.25) is 0 Å². The van der Waals surface area contributed by atoms with Crippen LogP contribution in [0, 0.1) is 11.3 Å². The topological polar surface area (TPSA) is 41.5 Å². The van der Waals surface area contributed by atoms with E-state index in [4.69, 9.17) is 9.84 Å². The van der Waals surface area contributed by atoms with E-state index in [9.17, 15) is 8.78 Å². The lowest BCUT2D eigenvalue weighted by Gasteiger charge is -2.55. The van der Waals surface area contributed by atoms with E-state index in [0.29, 0.717) is 5.92 Å². The number of rotatable bonds is 4. The van der Waals surface area contributed by atoms with Crippen molar-refractivity contribution in [2.45, 2.75) is 44.9 Å². The molecule has 4 atom stereocenters. The van der Waals surface area contributed by atoms with Gasteiger partial charge in [-0.1, -0.05) is 13.8 Å². The third-order valence-corrected chi connectivity index (χ3v) is 3.94. The zero-order valence-corrected chi connectivity index (χ0v) is 9.62. The molecule has 1 saturated heterocycles. The third kappa shape index (κ3) is 1.85. The molecule has 2 N–H and O–H groups in total. The van der Waals surface area contributed by atoms with E-state index in [0.717, 1.165) is 13.0 Å². The summed E-state index contributed by atoms with van der Waals surface area (Å²) in [7, 11) is 0. The molecule has 2 aliphatic rings. The first kappa shape index (κ1) is 12.2. The van der Waals surface area contributed by atoms with Crippen LogP contribution in [0.2, 0.25) is 0 Å². The molecule has 0 spiro atoms. The van der Waals surface area contributed by atoms with Gasteiger partial charge in [0, 0.05) is 30.5 Å². The molecular weight excluding hydrogens is 216 g/mol. The smallest absolute Gasteiger partial charge is 0.265 e. The maximum absolute atomic E-state index is 12.1. The minimum atomic E-state index is -2.67. The van der Waals surface area contributed by atoms with Gasteiger partial charge in [-0.15, -0.1) is 0 Å². The summed E-state index contributed by atoms with van der Waals surface area (Å²) < 4.78 is 29.9. The molecule has 0 radical (unpaired) electrons. The minimum absolute atomic E-state index is 0.0248. The molecule has 1 aliphatic heterocycles. The highest BCUT2D eigenvalue weighted by Gasteiger charge is 2.59. The molecule has 0 aromatic carbocycles. The third-order valence-electron chi connectivity index (χ3n) is 3.94. The Morgan fingerprint density at radius 2 is 2.19 bits per heavy atom. The largest absolute Gasteiger partial charge is 0.386 e. The van der Waals surface area contributed by atoms with E-state index in [-0.39, 0.29) is 24.1 Å². The van der Waals surface area contributed by atoms with Crippen molar-refractivity contribution in [3.63, 3.8) is 0 Å². The van der Waals surface area contributed by atoms with Crippen LogP contribution in [0.3, 0.4) is 0 Å². The summed E-state index contributed by atoms with van der Waals surface area (Å²) in [6, 6.07) is 0.174. The van der Waals surface area contributed by atoms with Gasteiger partial charge in [0.25, 0.3) is 6.43 Å². The van der Waals surface area contributed by atoms with Gasteiger partial charge in [0.2, 0.25) is 0 Å². The fraction of sp³-hybridized carbons (Fsp3) is 1.00. The van der Waals surface area contributed by atoms with E-state index in [2.05, 4.69) is 19.2 Å². The van der Waals surface area contributed by atoms with E-state index in [1.54, 1.807) is 0 Å². The highest BCUT2D eigenvalue weighted by atomic mass is 19.3. The number of halogens is 2. The summed E-state index contributed by atoms with van der Waals surface area (Å²) in [5, 5.41) is 12.1. The Bertz CT molecular complexity index is 260. The SMILES string of the molecule is CC1(C)C(NCC(O)C(F)F)C2CCOC21. The summed E-state index contributed by atoms with van der Waals surface area (Å²) >= 11 is 0. The highest BCUT2D eigenvalue weighted by molar-refractivity contribution is 5.11. The molecule has 0 aromatic rings. The Labute approximate surface area is 94.2 Å². The lowest BCUT2D eigenvalue weighted by molar-refractivity contribution is -0.116. The van der Waals surface area contributed by atoms with Gasteiger partial charge in [0.15, 0.2) is 0 Å². The number of aliphatic hydroxyl groups excluding tert-OH is 1. The van der Waals surface area contributed by atoms with E-state index in [1.807, 2.05) is 0 Å². The van der Waals surface area contributed by atoms with Gasteiger partial charge in [-0.25, -0.2) is 8.78 Å². The number of fused-ring (bicyclic) bond motifs is 1. The summed E-state index contributed by atoms with van der Waals surface area (Å²) in [4.78, 5) is 0. The predicted octanol–water partition coefficient (Wildman–Crippen LogP) is 1.02. The Hall–Kier alpha value is -0.260. The van der Waals surface area contributed by atoms with Gasteiger partial charge in [-0.05, 0) is 6.42 Å². The van der Waals surface area contributed by atoms with Crippen molar-refractivity contribution in [2.24, 2.45) is 11.3 Å². The zero-order valence-electron chi connectivity index (χ0n) is 9.62. The van der Waals surface area contributed by atoms with Crippen LogP contribution in [0.1, 0.15) is 20.3 Å². The van der Waals surface area contributed by atoms with Gasteiger partial charge >= 0.3 is 0 Å². The molecule has 1 saturated carbocycles. The van der Waals surface area contributed by atoms with Crippen LogP contribution in [0.15, 0.2) is 0 Å². The number of nitrogens with one attached hydrogen (secondary N) is 1. The average molecular weight is 235 g/mol. The van der Waals surface area contributed by atoms with Crippen molar-refractivity contribution in [2.75, 3.05) is 13.2 Å². The second-order valence-corrected chi connectivity index (χ2v) is 5.35. The van der Waals surface area contributed by atoms with Crippen LogP contribution in [0.25, 0.3) is 0 Å². The number of aliphatic hydroxyl groups is 1. The molecule has 1 heterocycles. The molecule has 5 heteroatoms. The van der Waals surface area contributed by atoms with Crippen LogP contribution >= 0.6 is 0 Å². The number of ether oxygens (including phenoxy) is 1. The fourth-order valence-corrected chi connectivity index (χ4v) is 3.08. The van der Waals surface area contributed by atoms with Crippen molar-refractivity contribution < 1.29 is 18.6 Å². The second-order valence-electron chi connectivity index (χ2n) is 5.35. The molecule has 4 unspecified atom stereocenters. The molecule has 0 aromatic heterocycles. The minimum Gasteiger partial charge on any atom is -0.386 e. The molecular formula is C11H19F2NO2. The highest BCUT2D eigenvalue weighted by Crippen LogP contribution is 2.52. The van der Waals surface area contributed by atoms with Crippen molar-refractivity contribution in [1.29, 1.82) is 0 Å². The Balaban J connectivity index is 1.86. The molecule has 3 nitrogen and oxygen atoms in total. The van der Waals surface area contributed by atoms with Crippen LogP contribution in [-0.4, -0.2) is 42.9 Å². The molecule has 94 valence electrons. The maximum Gasteiger partial charge on any atom is 0.265 e. The van der Waals surface area contributed by atoms with Crippen LogP contribution < -0.4 is 5.32 Å². The monoisotopic (exact) mass is 235 g/mol. The van der Waals surface area contributed by atoms with E-state index in [1.165, 1.54) is 0 Å². The predicted molar refractivity (Wildman–Crippen MR) is 55.4 cm³/mol. The van der Waals surface area contributed by atoms with Crippen molar-refractivity contribution >= 4 is 0 Å². The van der Waals surface area contributed by atoms with Crippen molar-refractivity contribution in [1.82, 2.24) is 5.32 Å². The van der Waals surface area contributed by atoms with Crippen molar-refractivity contribution in [3.8, 4) is 0 Å². The molecule has 16 heavy (non-hydrogen) atoms. The number of alkyl halides is 2. The first-order valence-corrected chi connectivity index (χ1v) is 5.76. The van der Waals surface area contributed by atoms with Gasteiger partial charge < -0.3 is 15.2 Å². The summed E-state index contributed by atoms with van der Waals surface area (Å²) in [5.41, 5.74) is -0.0248. The quantitative estimate of drug-likeness (QED) is 0.764. The first-order chi connectivity index (χ1) is 7.44. The summed E-state index contributed by atoms with van der Waals surface area (Å²) in [5.74, 6) is 0.417. The fourth-order valence-electron chi connectivity index (χ4n) is 3.08. The summed E-state index contributed by atoms with van der Waals surface area (Å²) in [6.07, 6.45) is -3.02. The Morgan fingerprint density at radius 3 is 2.81 bits per heavy atom. The Morgan fingerprint density at radius 1 is 1.50 bits per heavy atom. The van der Waals surface area contributed by atoms with Crippen molar-refractivity contribution in [3.05, 3.63) is 0 Å². The molecule has 0 amide bonds. The first-order valence-electron chi connectivity index (χ1n) is 5.76. The molecule has 2 rings (SSSR count). The molecule has 2 fully saturated rings. The molecule has 1 aliphatic carbocycles. The standard InChI is InChI=1S/C11H19F2NO2/c1-11(2)8(6-3-4-16-9(6)11)14-5-7(15)10(12)13/h6-10,14-15H,3-5H2,1-2H3. The molecule has 0 bridgehead atoms. The number of hydrogen-bond donors (Lipinski definition) is 2. The van der Waals surface area contributed by atoms with Gasteiger partial charge in [-0.2, -0.15) is 0 Å². The average Bonchev–Trinajstić information content (AvgIpc) is 2.63. The van der Waals surface area contributed by atoms with Gasteiger partial charge in [0.05, 0.1) is 6.10 Å². The second kappa shape index (κ2) is 4.20. The Kier molecular flexibility index (Phi) is 3.20. The van der Waals surface area contributed by atoms with Crippen LogP contribution in [0.5, 0.6) is 0 Å². The lowest BCUT2D eigenvalue weighted by Crippen LogP contribution is -2.66. The van der Waals surface area contributed by atoms with E-state index >= 15 is 0 Å². The van der Waals surface area contributed by atoms with Crippen LogP contribution in [0.4, 0.5) is 8.78 Å². The normalized spacial score (nSPS) is 38.2. The maximum atomic E-state index is 12.1. The van der Waals surface area contributed by atoms with E-state index < -0.39 is 12.5 Å². The van der Waals surface area contributed by atoms with Gasteiger partial charge in [0.1, 0.15) is 6.10 Å². The lowest BCUT2D eigenvalue weighted by atomic mass is 9.57. The summed E-state index contributed by atoms with van der Waals surface area (Å²) in [6.45, 7) is 4.86. The zero-order chi connectivity index (χ0) is 11.9. The number of hydrogen-bond acceptors (Lipinski definition) is 3. The van der Waals surface area contributed by atoms with Crippen LogP contribution in [-0.2, 0) is 4.74 Å².